The highest BCUT2D eigenvalue weighted by Crippen LogP contribution is 2.27. The highest BCUT2D eigenvalue weighted by molar-refractivity contribution is 5.49. The Kier molecular flexibility index (Phi) is 7.63. The van der Waals surface area contributed by atoms with Crippen LogP contribution in [0.1, 0.15) is 49.4 Å². The zero-order valence-corrected chi connectivity index (χ0v) is 17.2. The number of amides is 1. The van der Waals surface area contributed by atoms with Crippen molar-refractivity contribution in [2.24, 2.45) is 0 Å². The lowest BCUT2D eigenvalue weighted by atomic mass is 9.99. The topological polar surface area (TPSA) is 35.6 Å². The maximum absolute atomic E-state index is 11.6. The second kappa shape index (κ2) is 10.4. The molecule has 4 heteroatoms. The summed E-state index contributed by atoms with van der Waals surface area (Å²) >= 11 is 0. The van der Waals surface area contributed by atoms with E-state index >= 15 is 0 Å². The number of carbonyl (C=O) groups excluding carboxylic acids is 1. The first kappa shape index (κ1) is 20.6. The Morgan fingerprint density at radius 3 is 2.21 bits per heavy atom. The van der Waals surface area contributed by atoms with Crippen molar-refractivity contribution in [3.8, 4) is 0 Å². The Labute approximate surface area is 169 Å². The molecule has 2 aromatic rings. The molecule has 0 spiro atoms. The van der Waals surface area contributed by atoms with Gasteiger partial charge in [-0.2, -0.15) is 0 Å². The van der Waals surface area contributed by atoms with Gasteiger partial charge in [-0.25, -0.2) is 0 Å². The number of rotatable bonds is 9. The van der Waals surface area contributed by atoms with Crippen molar-refractivity contribution < 1.29 is 4.79 Å². The summed E-state index contributed by atoms with van der Waals surface area (Å²) in [5, 5.41) is 3.50. The van der Waals surface area contributed by atoms with Gasteiger partial charge >= 0.3 is 0 Å². The van der Waals surface area contributed by atoms with Crippen LogP contribution >= 0.6 is 0 Å². The maximum atomic E-state index is 11.6. The molecule has 1 amide bonds. The van der Waals surface area contributed by atoms with E-state index in [1.54, 1.807) is 0 Å². The van der Waals surface area contributed by atoms with E-state index in [1.807, 2.05) is 11.0 Å². The average molecular weight is 380 g/mol. The number of benzene rings is 2. The van der Waals surface area contributed by atoms with Crippen LogP contribution in [0.4, 0.5) is 0 Å². The van der Waals surface area contributed by atoms with Crippen LogP contribution in [0.5, 0.6) is 0 Å². The lowest BCUT2D eigenvalue weighted by Crippen LogP contribution is -2.51. The van der Waals surface area contributed by atoms with Gasteiger partial charge in [0.25, 0.3) is 0 Å². The molecule has 2 aromatic carbocycles. The zero-order valence-electron chi connectivity index (χ0n) is 17.2. The maximum Gasteiger partial charge on any atom is 0.210 e. The summed E-state index contributed by atoms with van der Waals surface area (Å²) in [7, 11) is 0. The fourth-order valence-electron chi connectivity index (χ4n) is 4.18. The van der Waals surface area contributed by atoms with E-state index in [1.165, 1.54) is 16.7 Å². The smallest absolute Gasteiger partial charge is 0.210 e. The third-order valence-electron chi connectivity index (χ3n) is 5.91. The Balaban J connectivity index is 1.60. The average Bonchev–Trinajstić information content (AvgIpc) is 2.76. The fraction of sp³-hybridized carbons (Fsp3) is 0.458. The molecule has 0 bridgehead atoms. The van der Waals surface area contributed by atoms with Gasteiger partial charge in [0.05, 0.1) is 6.04 Å². The fourth-order valence-corrected chi connectivity index (χ4v) is 4.18. The molecule has 4 nitrogen and oxygen atoms in total. The van der Waals surface area contributed by atoms with Crippen molar-refractivity contribution in [2.75, 3.05) is 19.6 Å². The quantitative estimate of drug-likeness (QED) is 0.670. The van der Waals surface area contributed by atoms with Gasteiger partial charge in [-0.1, -0.05) is 68.4 Å². The van der Waals surface area contributed by atoms with Crippen LogP contribution in [0.2, 0.25) is 0 Å². The van der Waals surface area contributed by atoms with Gasteiger partial charge in [0.1, 0.15) is 0 Å². The van der Waals surface area contributed by atoms with Crippen LogP contribution in [-0.4, -0.2) is 41.9 Å². The summed E-state index contributed by atoms with van der Waals surface area (Å²) in [5.41, 5.74) is 3.80. The zero-order chi connectivity index (χ0) is 19.8. The normalized spacial score (nSPS) is 17.8. The molecule has 0 aliphatic carbocycles. The molecule has 1 aliphatic heterocycles. The van der Waals surface area contributed by atoms with E-state index in [4.69, 9.17) is 0 Å². The van der Waals surface area contributed by atoms with Crippen molar-refractivity contribution in [1.82, 2.24) is 15.1 Å². The molecule has 3 rings (SSSR count). The number of hydrogen-bond donors (Lipinski definition) is 1. The van der Waals surface area contributed by atoms with Crippen molar-refractivity contribution in [2.45, 2.75) is 51.9 Å². The lowest BCUT2D eigenvalue weighted by molar-refractivity contribution is -0.123. The van der Waals surface area contributed by atoms with Gasteiger partial charge in [-0.3, -0.25) is 9.69 Å². The number of nitrogens with zero attached hydrogens (tertiary/aromatic N) is 2. The van der Waals surface area contributed by atoms with Crippen molar-refractivity contribution in [1.29, 1.82) is 0 Å². The van der Waals surface area contributed by atoms with Gasteiger partial charge in [0.2, 0.25) is 6.41 Å². The van der Waals surface area contributed by atoms with Gasteiger partial charge in [-0.15, -0.1) is 0 Å². The first-order valence-electron chi connectivity index (χ1n) is 10.5. The standard InChI is InChI=1S/C24H33N3O/c1-3-23(4-2)26-14-15-27(19-28)24(18-26)22-12-10-21(11-13-22)17-25-16-20-8-6-5-7-9-20/h5-13,19,23-25H,3-4,14-18H2,1-2H3. The molecule has 1 N–H and O–H groups in total. The summed E-state index contributed by atoms with van der Waals surface area (Å²) in [6.45, 7) is 8.94. The van der Waals surface area contributed by atoms with E-state index in [-0.39, 0.29) is 6.04 Å². The van der Waals surface area contributed by atoms with Crippen LogP contribution in [-0.2, 0) is 17.9 Å². The minimum absolute atomic E-state index is 0.151. The Bertz CT molecular complexity index is 712. The van der Waals surface area contributed by atoms with Gasteiger partial charge in [0.15, 0.2) is 0 Å². The summed E-state index contributed by atoms with van der Waals surface area (Å²) < 4.78 is 0. The monoisotopic (exact) mass is 379 g/mol. The first-order chi connectivity index (χ1) is 13.7. The molecule has 0 radical (unpaired) electrons. The van der Waals surface area contributed by atoms with E-state index < -0.39 is 0 Å². The van der Waals surface area contributed by atoms with E-state index in [2.05, 4.69) is 72.6 Å². The van der Waals surface area contributed by atoms with Crippen LogP contribution in [0.25, 0.3) is 0 Å². The van der Waals surface area contributed by atoms with Crippen molar-refractivity contribution >= 4 is 6.41 Å². The van der Waals surface area contributed by atoms with Gasteiger partial charge in [-0.05, 0) is 29.5 Å². The molecule has 150 valence electrons. The Hall–Kier alpha value is -2.17. The summed E-state index contributed by atoms with van der Waals surface area (Å²) in [5.74, 6) is 0. The predicted octanol–water partition coefficient (Wildman–Crippen LogP) is 3.98. The molecule has 1 atom stereocenters. The van der Waals surface area contributed by atoms with Crippen LogP contribution in [0.3, 0.4) is 0 Å². The lowest BCUT2D eigenvalue weighted by Gasteiger charge is -2.43. The SMILES string of the molecule is CCC(CC)N1CCN(C=O)C(c2ccc(CNCc3ccccc3)cc2)C1. The van der Waals surface area contributed by atoms with E-state index in [0.29, 0.717) is 6.04 Å². The molecule has 0 aromatic heterocycles. The molecule has 1 fully saturated rings. The van der Waals surface area contributed by atoms with Crippen molar-refractivity contribution in [3.63, 3.8) is 0 Å². The minimum atomic E-state index is 0.151. The second-order valence-electron chi connectivity index (χ2n) is 7.66. The minimum Gasteiger partial charge on any atom is -0.336 e. The molecule has 1 heterocycles. The summed E-state index contributed by atoms with van der Waals surface area (Å²) in [4.78, 5) is 16.1. The number of hydrogen-bond acceptors (Lipinski definition) is 3. The van der Waals surface area contributed by atoms with Crippen LogP contribution in [0.15, 0.2) is 54.6 Å². The first-order valence-corrected chi connectivity index (χ1v) is 10.5. The highest BCUT2D eigenvalue weighted by Gasteiger charge is 2.29. The Morgan fingerprint density at radius 1 is 0.964 bits per heavy atom. The molecular weight excluding hydrogens is 346 g/mol. The molecule has 1 saturated heterocycles. The van der Waals surface area contributed by atoms with Crippen LogP contribution in [0, 0.1) is 0 Å². The number of nitrogens with one attached hydrogen (secondary N) is 1. The van der Waals surface area contributed by atoms with Gasteiger partial charge < -0.3 is 10.2 Å². The third kappa shape index (κ3) is 5.21. The predicted molar refractivity (Wildman–Crippen MR) is 115 cm³/mol. The second-order valence-corrected chi connectivity index (χ2v) is 7.66. The summed E-state index contributed by atoms with van der Waals surface area (Å²) in [6.07, 6.45) is 3.34. The molecular formula is C24H33N3O. The summed E-state index contributed by atoms with van der Waals surface area (Å²) in [6, 6.07) is 20.0. The largest absolute Gasteiger partial charge is 0.336 e. The molecule has 1 aliphatic rings. The van der Waals surface area contributed by atoms with E-state index in [0.717, 1.165) is 52.0 Å². The number of carbonyl (C=O) groups is 1. The number of piperazine rings is 1. The van der Waals surface area contributed by atoms with Gasteiger partial charge in [0, 0.05) is 38.8 Å². The third-order valence-corrected chi connectivity index (χ3v) is 5.91. The van der Waals surface area contributed by atoms with Crippen molar-refractivity contribution in [3.05, 3.63) is 71.3 Å². The molecule has 28 heavy (non-hydrogen) atoms. The Morgan fingerprint density at radius 2 is 1.61 bits per heavy atom. The molecule has 0 saturated carbocycles. The highest BCUT2D eigenvalue weighted by atomic mass is 16.1. The van der Waals surface area contributed by atoms with Crippen LogP contribution < -0.4 is 5.32 Å². The molecule has 1 unspecified atom stereocenters. The van der Waals surface area contributed by atoms with E-state index in [9.17, 15) is 4.79 Å².